The fourth-order valence-corrected chi connectivity index (χ4v) is 1.44. The van der Waals surface area contributed by atoms with Gasteiger partial charge in [0.1, 0.15) is 18.2 Å². The van der Waals surface area contributed by atoms with Gasteiger partial charge in [0.15, 0.2) is 5.78 Å². The second kappa shape index (κ2) is 4.88. The first-order valence-electron chi connectivity index (χ1n) is 5.00. The van der Waals surface area contributed by atoms with Crippen molar-refractivity contribution >= 4 is 11.7 Å². The predicted molar refractivity (Wildman–Crippen MR) is 57.4 cm³/mol. The third-order valence-electron chi connectivity index (χ3n) is 2.23. The second-order valence-electron chi connectivity index (χ2n) is 3.52. The van der Waals surface area contributed by atoms with E-state index in [1.807, 2.05) is 0 Å². The summed E-state index contributed by atoms with van der Waals surface area (Å²) in [5.41, 5.74) is -0.708. The maximum absolute atomic E-state index is 13.3. The smallest absolute Gasteiger partial charge is 0.390 e. The van der Waals surface area contributed by atoms with E-state index in [0.717, 1.165) is 29.2 Å². The van der Waals surface area contributed by atoms with E-state index in [9.17, 15) is 23.7 Å². The molecule has 2 rings (SSSR count). The molecule has 1 heterocycles. The maximum Gasteiger partial charge on any atom is 0.490 e. The zero-order chi connectivity index (χ0) is 14.0. The van der Waals surface area contributed by atoms with Gasteiger partial charge in [-0.05, 0) is 17.1 Å². The van der Waals surface area contributed by atoms with Crippen molar-refractivity contribution in [2.45, 2.75) is 6.54 Å². The van der Waals surface area contributed by atoms with Crippen molar-refractivity contribution in [3.63, 3.8) is 0 Å². The molecule has 0 aliphatic rings. The highest BCUT2D eigenvalue weighted by Crippen LogP contribution is 2.13. The number of halogens is 2. The Morgan fingerprint density at radius 2 is 2.00 bits per heavy atom. The average molecular weight is 268 g/mol. The zero-order valence-corrected chi connectivity index (χ0v) is 9.29. The van der Waals surface area contributed by atoms with E-state index in [-0.39, 0.29) is 0 Å². The van der Waals surface area contributed by atoms with E-state index < -0.39 is 40.4 Å². The molecule has 0 atom stereocenters. The Kier molecular flexibility index (Phi) is 3.27. The Balaban J connectivity index is 2.23. The Morgan fingerprint density at radius 3 is 2.53 bits per heavy atom. The number of benzene rings is 1. The predicted octanol–water partition coefficient (Wildman–Crippen LogP) is 1.35. The van der Waals surface area contributed by atoms with Crippen LogP contribution in [0.2, 0.25) is 0 Å². The SMILES string of the molecule is O=C(Cn1cnc([N+](=O)[O-])n1)c1c(F)cccc1F. The van der Waals surface area contributed by atoms with Crippen molar-refractivity contribution < 1.29 is 18.5 Å². The Hall–Kier alpha value is -2.71. The third-order valence-corrected chi connectivity index (χ3v) is 2.23. The van der Waals surface area contributed by atoms with Crippen molar-refractivity contribution in [3.8, 4) is 0 Å². The highest BCUT2D eigenvalue weighted by Gasteiger charge is 2.20. The number of nitrogens with zero attached hydrogens (tertiary/aromatic N) is 4. The largest absolute Gasteiger partial charge is 0.490 e. The lowest BCUT2D eigenvalue weighted by Gasteiger charge is -2.02. The van der Waals surface area contributed by atoms with E-state index in [2.05, 4.69) is 10.1 Å². The number of aromatic nitrogens is 3. The van der Waals surface area contributed by atoms with Crippen molar-refractivity contribution in [3.05, 3.63) is 51.8 Å². The first-order chi connectivity index (χ1) is 8.99. The van der Waals surface area contributed by atoms with Crippen LogP contribution in [-0.2, 0) is 6.54 Å². The van der Waals surface area contributed by atoms with Crippen LogP contribution in [0.4, 0.5) is 14.7 Å². The van der Waals surface area contributed by atoms with Crippen LogP contribution in [0.1, 0.15) is 10.4 Å². The van der Waals surface area contributed by atoms with Gasteiger partial charge in [0.2, 0.25) is 6.33 Å². The van der Waals surface area contributed by atoms with Gasteiger partial charge in [0.05, 0.1) is 5.56 Å². The first kappa shape index (κ1) is 12.7. The molecule has 0 aliphatic carbocycles. The minimum atomic E-state index is -1.00. The monoisotopic (exact) mass is 268 g/mol. The standard InChI is InChI=1S/C10H6F2N4O3/c11-6-2-1-3-7(12)9(6)8(17)4-15-5-13-10(14-15)16(18)19/h1-3,5H,4H2. The fraction of sp³-hybridized carbons (Fsp3) is 0.100. The number of hydrogen-bond donors (Lipinski definition) is 0. The molecule has 0 bridgehead atoms. The number of rotatable bonds is 4. The van der Waals surface area contributed by atoms with Gasteiger partial charge in [0.25, 0.3) is 0 Å². The van der Waals surface area contributed by atoms with Gasteiger partial charge in [-0.3, -0.25) is 4.79 Å². The lowest BCUT2D eigenvalue weighted by molar-refractivity contribution is -0.394. The fourth-order valence-electron chi connectivity index (χ4n) is 1.44. The summed E-state index contributed by atoms with van der Waals surface area (Å²) in [6, 6.07) is 3.02. The highest BCUT2D eigenvalue weighted by molar-refractivity contribution is 5.96. The minimum absolute atomic E-state index is 0.543. The molecule has 0 aliphatic heterocycles. The Morgan fingerprint density at radius 1 is 1.37 bits per heavy atom. The zero-order valence-electron chi connectivity index (χ0n) is 9.29. The Bertz CT molecular complexity index is 636. The van der Waals surface area contributed by atoms with Gasteiger partial charge in [-0.1, -0.05) is 11.1 Å². The summed E-state index contributed by atoms with van der Waals surface area (Å²) in [4.78, 5) is 24.5. The maximum atomic E-state index is 13.3. The van der Waals surface area contributed by atoms with E-state index in [1.165, 1.54) is 0 Å². The quantitative estimate of drug-likeness (QED) is 0.474. The number of hydrogen-bond acceptors (Lipinski definition) is 5. The molecule has 0 unspecified atom stereocenters. The number of carbonyl (C=O) groups excluding carboxylic acids is 1. The summed E-state index contributed by atoms with van der Waals surface area (Å²) in [5.74, 6) is -3.59. The van der Waals surface area contributed by atoms with Crippen molar-refractivity contribution in [1.82, 2.24) is 14.8 Å². The molecule has 7 nitrogen and oxygen atoms in total. The summed E-state index contributed by atoms with van der Waals surface area (Å²) in [6.45, 7) is -0.543. The molecule has 1 aromatic carbocycles. The van der Waals surface area contributed by atoms with Crippen LogP contribution >= 0.6 is 0 Å². The lowest BCUT2D eigenvalue weighted by Crippen LogP contribution is -2.14. The summed E-state index contributed by atoms with van der Waals surface area (Å²) >= 11 is 0. The second-order valence-corrected chi connectivity index (χ2v) is 3.52. The van der Waals surface area contributed by atoms with E-state index in [4.69, 9.17) is 0 Å². The molecule has 0 saturated heterocycles. The molecule has 0 radical (unpaired) electrons. The van der Waals surface area contributed by atoms with Crippen molar-refractivity contribution in [2.75, 3.05) is 0 Å². The molecule has 0 amide bonds. The summed E-state index contributed by atoms with van der Waals surface area (Å²) < 4.78 is 27.5. The molecule has 0 N–H and O–H groups in total. The minimum Gasteiger partial charge on any atom is -0.390 e. The first-order valence-corrected chi connectivity index (χ1v) is 5.00. The van der Waals surface area contributed by atoms with E-state index >= 15 is 0 Å². The molecule has 0 saturated carbocycles. The van der Waals surface area contributed by atoms with Crippen LogP contribution < -0.4 is 0 Å². The van der Waals surface area contributed by atoms with Crippen LogP contribution in [0.3, 0.4) is 0 Å². The van der Waals surface area contributed by atoms with Crippen LogP contribution in [0.25, 0.3) is 0 Å². The van der Waals surface area contributed by atoms with E-state index in [1.54, 1.807) is 0 Å². The summed E-state index contributed by atoms with van der Waals surface area (Å²) in [6.07, 6.45) is 0.939. The third kappa shape index (κ3) is 2.59. The van der Waals surface area contributed by atoms with Crippen molar-refractivity contribution in [1.29, 1.82) is 0 Å². The van der Waals surface area contributed by atoms with E-state index in [0.29, 0.717) is 0 Å². The lowest BCUT2D eigenvalue weighted by atomic mass is 10.1. The highest BCUT2D eigenvalue weighted by atomic mass is 19.1. The van der Waals surface area contributed by atoms with Crippen LogP contribution in [0, 0.1) is 21.7 Å². The molecule has 2 aromatic rings. The molecular formula is C10H6F2N4O3. The molecule has 1 aromatic heterocycles. The normalized spacial score (nSPS) is 10.4. The van der Waals surface area contributed by atoms with Crippen LogP contribution in [0.5, 0.6) is 0 Å². The topological polar surface area (TPSA) is 90.9 Å². The van der Waals surface area contributed by atoms with Gasteiger partial charge < -0.3 is 10.1 Å². The molecular weight excluding hydrogens is 262 g/mol. The van der Waals surface area contributed by atoms with Crippen LogP contribution in [-0.4, -0.2) is 25.5 Å². The molecule has 9 heteroatoms. The van der Waals surface area contributed by atoms with Gasteiger partial charge in [0, 0.05) is 5.10 Å². The van der Waals surface area contributed by atoms with Gasteiger partial charge in [-0.25, -0.2) is 8.78 Å². The van der Waals surface area contributed by atoms with Crippen LogP contribution in [0.15, 0.2) is 24.5 Å². The average Bonchev–Trinajstić information content (AvgIpc) is 2.77. The number of nitro groups is 1. The number of Topliss-reactive ketones (excluding diaryl/α,β-unsaturated/α-hetero) is 1. The summed E-state index contributed by atoms with van der Waals surface area (Å²) in [5, 5.41) is 13.7. The summed E-state index contributed by atoms with van der Waals surface area (Å²) in [7, 11) is 0. The molecule has 98 valence electrons. The number of ketones is 1. The Labute approximate surface area is 104 Å². The van der Waals surface area contributed by atoms with Gasteiger partial charge in [-0.2, -0.15) is 4.68 Å². The van der Waals surface area contributed by atoms with Gasteiger partial charge in [-0.15, -0.1) is 0 Å². The number of carbonyl (C=O) groups is 1. The molecule has 0 spiro atoms. The van der Waals surface area contributed by atoms with Crippen molar-refractivity contribution in [2.24, 2.45) is 0 Å². The molecule has 19 heavy (non-hydrogen) atoms. The van der Waals surface area contributed by atoms with Gasteiger partial charge >= 0.3 is 5.95 Å². The molecule has 0 fully saturated rings.